The van der Waals surface area contributed by atoms with Gasteiger partial charge in [-0.2, -0.15) is 10.2 Å². The molecule has 31 heavy (non-hydrogen) atoms. The van der Waals surface area contributed by atoms with Gasteiger partial charge in [0.2, 0.25) is 5.91 Å². The van der Waals surface area contributed by atoms with Gasteiger partial charge in [0.15, 0.2) is 5.16 Å². The van der Waals surface area contributed by atoms with Gasteiger partial charge in [-0.05, 0) is 55.5 Å². The monoisotopic (exact) mass is 428 g/mol. The van der Waals surface area contributed by atoms with E-state index in [4.69, 9.17) is 0 Å². The molecule has 0 fully saturated rings. The molecule has 0 saturated carbocycles. The molecule has 4 rings (SSSR count). The quantitative estimate of drug-likeness (QED) is 0.301. The third-order valence-corrected chi connectivity index (χ3v) is 5.26. The summed E-state index contributed by atoms with van der Waals surface area (Å²) in [6.45, 7) is 1.89. The van der Waals surface area contributed by atoms with Crippen LogP contribution in [-0.4, -0.2) is 26.4 Å². The van der Waals surface area contributed by atoms with Crippen molar-refractivity contribution in [1.82, 2.24) is 14.8 Å². The number of nitrogens with one attached hydrogen (secondary N) is 1. The number of nitrogens with zero attached hydrogens (tertiary/aromatic N) is 5. The Morgan fingerprint density at radius 1 is 0.871 bits per heavy atom. The maximum atomic E-state index is 12.4. The smallest absolute Gasteiger partial charge is 0.234 e. The van der Waals surface area contributed by atoms with Crippen LogP contribution in [0.5, 0.6) is 0 Å². The molecule has 7 nitrogen and oxygen atoms in total. The number of para-hydroxylation sites is 1. The van der Waals surface area contributed by atoms with Gasteiger partial charge in [0.1, 0.15) is 5.82 Å². The fraction of sp³-hybridized carbons (Fsp3) is 0.0870. The highest BCUT2D eigenvalue weighted by Gasteiger charge is 2.13. The molecule has 0 aliphatic carbocycles. The number of aromatic nitrogens is 3. The molecule has 0 spiro atoms. The average Bonchev–Trinajstić information content (AvgIpc) is 3.19. The molecule has 1 amide bonds. The van der Waals surface area contributed by atoms with Gasteiger partial charge in [0.05, 0.1) is 17.1 Å². The van der Waals surface area contributed by atoms with E-state index in [0.29, 0.717) is 16.5 Å². The lowest BCUT2D eigenvalue weighted by molar-refractivity contribution is -0.113. The zero-order valence-corrected chi connectivity index (χ0v) is 17.7. The number of azo groups is 1. The Morgan fingerprint density at radius 2 is 1.48 bits per heavy atom. The Bertz CT molecular complexity index is 1170. The lowest BCUT2D eigenvalue weighted by atomic mass is 10.3. The Kier molecular flexibility index (Phi) is 6.49. The zero-order chi connectivity index (χ0) is 21.5. The Morgan fingerprint density at radius 3 is 2.16 bits per heavy atom. The van der Waals surface area contributed by atoms with E-state index >= 15 is 0 Å². The summed E-state index contributed by atoms with van der Waals surface area (Å²) in [6, 6.07) is 26.6. The zero-order valence-electron chi connectivity index (χ0n) is 16.8. The molecule has 0 unspecified atom stereocenters. The number of amides is 1. The van der Waals surface area contributed by atoms with Crippen LogP contribution in [0.15, 0.2) is 100 Å². The van der Waals surface area contributed by atoms with Crippen molar-refractivity contribution in [3.8, 4) is 5.69 Å². The highest BCUT2D eigenvalue weighted by molar-refractivity contribution is 7.99. The second-order valence-electron chi connectivity index (χ2n) is 6.62. The van der Waals surface area contributed by atoms with E-state index in [1.807, 2.05) is 84.3 Å². The summed E-state index contributed by atoms with van der Waals surface area (Å²) in [4.78, 5) is 12.4. The van der Waals surface area contributed by atoms with E-state index < -0.39 is 0 Å². The fourth-order valence-corrected chi connectivity index (χ4v) is 3.66. The van der Waals surface area contributed by atoms with E-state index in [-0.39, 0.29) is 11.7 Å². The summed E-state index contributed by atoms with van der Waals surface area (Å²) < 4.78 is 1.94. The number of hydrogen-bond donors (Lipinski definition) is 1. The Labute approximate surface area is 184 Å². The largest absolute Gasteiger partial charge is 0.325 e. The van der Waals surface area contributed by atoms with Crippen LogP contribution < -0.4 is 5.32 Å². The van der Waals surface area contributed by atoms with Crippen molar-refractivity contribution in [3.63, 3.8) is 0 Å². The topological polar surface area (TPSA) is 84.5 Å². The summed E-state index contributed by atoms with van der Waals surface area (Å²) in [7, 11) is 0. The molecule has 154 valence electrons. The van der Waals surface area contributed by atoms with Gasteiger partial charge in [-0.3, -0.25) is 9.36 Å². The number of benzene rings is 3. The van der Waals surface area contributed by atoms with Crippen molar-refractivity contribution >= 4 is 34.7 Å². The van der Waals surface area contributed by atoms with E-state index in [2.05, 4.69) is 25.7 Å². The van der Waals surface area contributed by atoms with Crippen LogP contribution in [0.3, 0.4) is 0 Å². The average molecular weight is 429 g/mol. The molecule has 0 aliphatic rings. The number of carbonyl (C=O) groups excluding carboxylic acids is 1. The third kappa shape index (κ3) is 5.43. The summed E-state index contributed by atoms with van der Waals surface area (Å²) in [6.07, 6.45) is 0. The highest BCUT2D eigenvalue weighted by atomic mass is 32.2. The van der Waals surface area contributed by atoms with Gasteiger partial charge in [-0.15, -0.1) is 10.2 Å². The molecule has 3 aromatic carbocycles. The minimum absolute atomic E-state index is 0.121. The highest BCUT2D eigenvalue weighted by Crippen LogP contribution is 2.23. The predicted octanol–water partition coefficient (Wildman–Crippen LogP) is 5.72. The van der Waals surface area contributed by atoms with Crippen LogP contribution >= 0.6 is 11.8 Å². The van der Waals surface area contributed by atoms with Gasteiger partial charge >= 0.3 is 0 Å². The summed E-state index contributed by atoms with van der Waals surface area (Å²) in [5.74, 6) is 0.874. The molecule has 0 saturated heterocycles. The van der Waals surface area contributed by atoms with Gasteiger partial charge in [0.25, 0.3) is 0 Å². The van der Waals surface area contributed by atoms with Crippen LogP contribution in [0, 0.1) is 6.92 Å². The first-order valence-corrected chi connectivity index (χ1v) is 10.6. The Hall–Kier alpha value is -3.78. The van der Waals surface area contributed by atoms with Crippen LogP contribution in [-0.2, 0) is 4.79 Å². The van der Waals surface area contributed by atoms with Crippen LogP contribution in [0.4, 0.5) is 17.1 Å². The van der Waals surface area contributed by atoms with E-state index in [9.17, 15) is 4.79 Å². The molecule has 1 aromatic heterocycles. The van der Waals surface area contributed by atoms with Crippen molar-refractivity contribution in [2.75, 3.05) is 11.1 Å². The second kappa shape index (κ2) is 9.82. The number of hydrogen-bond acceptors (Lipinski definition) is 6. The van der Waals surface area contributed by atoms with E-state index in [1.54, 1.807) is 12.1 Å². The van der Waals surface area contributed by atoms with Crippen molar-refractivity contribution in [1.29, 1.82) is 0 Å². The standard InChI is InChI=1S/C23H20N6OS/c1-17-25-28-23(29(17)21-10-6-3-7-11-21)31-16-22(30)24-18-12-14-20(15-13-18)27-26-19-8-4-2-5-9-19/h2-15H,16H2,1H3,(H,24,30). The van der Waals surface area contributed by atoms with Crippen molar-refractivity contribution < 1.29 is 4.79 Å². The maximum absolute atomic E-state index is 12.4. The summed E-state index contributed by atoms with van der Waals surface area (Å²) in [5.41, 5.74) is 3.16. The van der Waals surface area contributed by atoms with E-state index in [1.165, 1.54) is 11.8 Å². The number of carbonyl (C=O) groups is 1. The number of anilines is 1. The van der Waals surface area contributed by atoms with Crippen LogP contribution in [0.2, 0.25) is 0 Å². The fourth-order valence-electron chi connectivity index (χ4n) is 2.86. The molecular formula is C23H20N6OS. The molecule has 0 radical (unpaired) electrons. The van der Waals surface area contributed by atoms with Gasteiger partial charge in [-0.25, -0.2) is 0 Å². The van der Waals surface area contributed by atoms with Crippen LogP contribution in [0.25, 0.3) is 5.69 Å². The Balaban J connectivity index is 1.34. The molecule has 8 heteroatoms. The first kappa shape index (κ1) is 20.5. The molecule has 1 heterocycles. The summed E-state index contributed by atoms with van der Waals surface area (Å²) >= 11 is 1.34. The minimum Gasteiger partial charge on any atom is -0.325 e. The van der Waals surface area contributed by atoms with Gasteiger partial charge in [-0.1, -0.05) is 48.2 Å². The predicted molar refractivity (Wildman–Crippen MR) is 123 cm³/mol. The molecule has 0 aliphatic heterocycles. The molecule has 0 atom stereocenters. The van der Waals surface area contributed by atoms with Gasteiger partial charge in [0, 0.05) is 11.4 Å². The lowest BCUT2D eigenvalue weighted by Crippen LogP contribution is -2.14. The maximum Gasteiger partial charge on any atom is 0.234 e. The normalized spacial score (nSPS) is 11.0. The van der Waals surface area contributed by atoms with Crippen molar-refractivity contribution in [3.05, 3.63) is 90.8 Å². The van der Waals surface area contributed by atoms with E-state index in [0.717, 1.165) is 17.2 Å². The lowest BCUT2D eigenvalue weighted by Gasteiger charge is -2.08. The molecule has 0 bridgehead atoms. The molecule has 4 aromatic rings. The number of rotatable bonds is 7. The summed E-state index contributed by atoms with van der Waals surface area (Å²) in [5, 5.41) is 20.3. The van der Waals surface area contributed by atoms with Crippen molar-refractivity contribution in [2.24, 2.45) is 10.2 Å². The first-order valence-electron chi connectivity index (χ1n) is 9.66. The van der Waals surface area contributed by atoms with Crippen LogP contribution in [0.1, 0.15) is 5.82 Å². The number of aryl methyl sites for hydroxylation is 1. The van der Waals surface area contributed by atoms with Gasteiger partial charge < -0.3 is 5.32 Å². The SMILES string of the molecule is Cc1nnc(SCC(=O)Nc2ccc(N=Nc3ccccc3)cc2)n1-c1ccccc1. The van der Waals surface area contributed by atoms with Crippen molar-refractivity contribution in [2.45, 2.75) is 12.1 Å². The molecular weight excluding hydrogens is 408 g/mol. The molecule has 1 N–H and O–H groups in total. The first-order chi connectivity index (χ1) is 15.2. The third-order valence-electron chi connectivity index (χ3n) is 4.33. The number of thioether (sulfide) groups is 1. The second-order valence-corrected chi connectivity index (χ2v) is 7.56. The minimum atomic E-state index is -0.121.